The zero-order valence-corrected chi connectivity index (χ0v) is 21.3. The molecule has 7 heteroatoms. The summed E-state index contributed by atoms with van der Waals surface area (Å²) in [6, 6.07) is 12.3. The van der Waals surface area contributed by atoms with Crippen LogP contribution in [0, 0.1) is 13.8 Å². The predicted molar refractivity (Wildman–Crippen MR) is 139 cm³/mol. The van der Waals surface area contributed by atoms with Gasteiger partial charge in [0.05, 0.1) is 32.5 Å². The second kappa shape index (κ2) is 14.4. The number of benzene rings is 2. The first kappa shape index (κ1) is 27.4. The Labute approximate surface area is 209 Å². The molecular formula is C28H42N2O5. The molecule has 2 aromatic carbocycles. The summed E-state index contributed by atoms with van der Waals surface area (Å²) in [6.07, 6.45) is 2.45. The summed E-state index contributed by atoms with van der Waals surface area (Å²) in [4.78, 5) is 4.33. The molecule has 3 rings (SSSR count). The highest BCUT2D eigenvalue weighted by Gasteiger charge is 2.19. The molecule has 2 aromatic rings. The number of rotatable bonds is 15. The number of nitrogens with zero attached hydrogens (tertiary/aromatic N) is 2. The fourth-order valence-corrected chi connectivity index (χ4v) is 4.70. The molecular weight excluding hydrogens is 444 g/mol. The molecule has 1 aliphatic heterocycles. The monoisotopic (exact) mass is 486 g/mol. The number of hydrogen-bond acceptors (Lipinski definition) is 7. The van der Waals surface area contributed by atoms with E-state index in [-0.39, 0.29) is 19.3 Å². The first-order valence-electron chi connectivity index (χ1n) is 12.8. The summed E-state index contributed by atoms with van der Waals surface area (Å²) in [5, 5.41) is 28.0. The van der Waals surface area contributed by atoms with Gasteiger partial charge < -0.3 is 29.7 Å². The Morgan fingerprint density at radius 1 is 0.857 bits per heavy atom. The van der Waals surface area contributed by atoms with Crippen molar-refractivity contribution in [2.75, 3.05) is 65.7 Å². The third-order valence-electron chi connectivity index (χ3n) is 6.69. The minimum Gasteiger partial charge on any atom is -0.493 e. The Balaban J connectivity index is 1.56. The van der Waals surface area contributed by atoms with E-state index in [0.717, 1.165) is 79.2 Å². The number of likely N-dealkylation sites (tertiary alicyclic amines) is 1. The Kier molecular flexibility index (Phi) is 11.3. The smallest absolute Gasteiger partial charge is 0.122 e. The molecule has 1 atom stereocenters. The van der Waals surface area contributed by atoms with Gasteiger partial charge in [-0.25, -0.2) is 0 Å². The summed E-state index contributed by atoms with van der Waals surface area (Å²) < 4.78 is 12.2. The van der Waals surface area contributed by atoms with Crippen molar-refractivity contribution in [2.24, 2.45) is 0 Å². The van der Waals surface area contributed by atoms with Crippen LogP contribution in [0.4, 0.5) is 0 Å². The molecule has 35 heavy (non-hydrogen) atoms. The van der Waals surface area contributed by atoms with Gasteiger partial charge in [0.2, 0.25) is 0 Å². The second-order valence-electron chi connectivity index (χ2n) is 9.29. The molecule has 0 amide bonds. The van der Waals surface area contributed by atoms with E-state index in [2.05, 4.69) is 30.9 Å². The second-order valence-corrected chi connectivity index (χ2v) is 9.29. The number of ether oxygens (including phenoxy) is 2. The van der Waals surface area contributed by atoms with Gasteiger partial charge in [-0.1, -0.05) is 24.3 Å². The third kappa shape index (κ3) is 8.19. The van der Waals surface area contributed by atoms with Gasteiger partial charge in [-0.15, -0.1) is 0 Å². The molecule has 1 aliphatic rings. The van der Waals surface area contributed by atoms with Crippen molar-refractivity contribution in [3.05, 3.63) is 47.5 Å². The lowest BCUT2D eigenvalue weighted by Crippen LogP contribution is -2.31. The van der Waals surface area contributed by atoms with E-state index < -0.39 is 0 Å². The largest absolute Gasteiger partial charge is 0.493 e. The van der Waals surface area contributed by atoms with Gasteiger partial charge in [-0.2, -0.15) is 0 Å². The van der Waals surface area contributed by atoms with Gasteiger partial charge in [0.1, 0.15) is 11.5 Å². The SMILES string of the molecule is Cc1c(OCCCN(CCO)CCO)cccc1-c1cccc(OCCCN2CC[C@@H](O)C2)c1C. The van der Waals surface area contributed by atoms with Gasteiger partial charge in [-0.3, -0.25) is 4.90 Å². The van der Waals surface area contributed by atoms with E-state index in [1.165, 1.54) is 0 Å². The van der Waals surface area contributed by atoms with E-state index in [4.69, 9.17) is 19.7 Å². The van der Waals surface area contributed by atoms with E-state index in [9.17, 15) is 5.11 Å². The Bertz CT molecular complexity index is 901. The highest BCUT2D eigenvalue weighted by atomic mass is 16.5. The zero-order chi connectivity index (χ0) is 25.0. The standard InChI is InChI=1S/C28H42N2O5/c1-22-25(7-3-9-27(22)34-19-5-12-29(15-17-31)16-18-32)26-8-4-10-28(23(26)2)35-20-6-13-30-14-11-24(33)21-30/h3-4,7-10,24,31-33H,5-6,11-21H2,1-2H3/t24-/m1/s1. The maximum absolute atomic E-state index is 9.67. The third-order valence-corrected chi connectivity index (χ3v) is 6.69. The molecule has 0 unspecified atom stereocenters. The summed E-state index contributed by atoms with van der Waals surface area (Å²) in [5.41, 5.74) is 4.50. The van der Waals surface area contributed by atoms with Crippen molar-refractivity contribution < 1.29 is 24.8 Å². The summed E-state index contributed by atoms with van der Waals surface area (Å²) in [5.74, 6) is 1.78. The molecule has 1 saturated heterocycles. The average Bonchev–Trinajstić information content (AvgIpc) is 3.27. The number of aliphatic hydroxyl groups excluding tert-OH is 3. The number of hydrogen-bond donors (Lipinski definition) is 3. The van der Waals surface area contributed by atoms with Crippen LogP contribution in [-0.2, 0) is 0 Å². The fourth-order valence-electron chi connectivity index (χ4n) is 4.70. The van der Waals surface area contributed by atoms with Crippen LogP contribution in [0.2, 0.25) is 0 Å². The molecule has 1 fully saturated rings. The maximum atomic E-state index is 9.67. The van der Waals surface area contributed by atoms with Gasteiger partial charge in [-0.05, 0) is 67.5 Å². The highest BCUT2D eigenvalue weighted by Crippen LogP contribution is 2.35. The van der Waals surface area contributed by atoms with E-state index in [0.29, 0.717) is 26.3 Å². The Morgan fingerprint density at radius 3 is 1.94 bits per heavy atom. The summed E-state index contributed by atoms with van der Waals surface area (Å²) in [6.45, 7) is 10.2. The zero-order valence-electron chi connectivity index (χ0n) is 21.3. The first-order chi connectivity index (χ1) is 17.0. The molecule has 0 aliphatic carbocycles. The van der Waals surface area contributed by atoms with E-state index in [1.807, 2.05) is 29.2 Å². The number of β-amino-alcohol motifs (C(OH)–C–C–N with tert-alkyl or cyclic N) is 1. The van der Waals surface area contributed by atoms with Crippen LogP contribution >= 0.6 is 0 Å². The molecule has 0 spiro atoms. The van der Waals surface area contributed by atoms with Crippen LogP contribution in [0.3, 0.4) is 0 Å². The van der Waals surface area contributed by atoms with Gasteiger partial charge in [0.25, 0.3) is 0 Å². The van der Waals surface area contributed by atoms with Gasteiger partial charge in [0.15, 0.2) is 0 Å². The Morgan fingerprint density at radius 2 is 1.43 bits per heavy atom. The molecule has 3 N–H and O–H groups in total. The topological polar surface area (TPSA) is 85.6 Å². The lowest BCUT2D eigenvalue weighted by molar-refractivity contribution is 0.152. The number of aliphatic hydroxyl groups is 3. The average molecular weight is 487 g/mol. The van der Waals surface area contributed by atoms with Crippen molar-refractivity contribution >= 4 is 0 Å². The molecule has 0 radical (unpaired) electrons. The van der Waals surface area contributed by atoms with Crippen LogP contribution in [0.15, 0.2) is 36.4 Å². The van der Waals surface area contributed by atoms with Crippen LogP contribution < -0.4 is 9.47 Å². The molecule has 0 bridgehead atoms. The normalized spacial score (nSPS) is 16.2. The Hall–Kier alpha value is -2.16. The van der Waals surface area contributed by atoms with Crippen LogP contribution in [0.25, 0.3) is 11.1 Å². The molecule has 0 saturated carbocycles. The summed E-state index contributed by atoms with van der Waals surface area (Å²) in [7, 11) is 0. The quantitative estimate of drug-likeness (QED) is 0.334. The minimum absolute atomic E-state index is 0.0900. The molecule has 1 heterocycles. The minimum atomic E-state index is -0.176. The molecule has 0 aromatic heterocycles. The summed E-state index contributed by atoms with van der Waals surface area (Å²) >= 11 is 0. The van der Waals surface area contributed by atoms with Crippen LogP contribution in [0.5, 0.6) is 11.5 Å². The highest BCUT2D eigenvalue weighted by molar-refractivity contribution is 5.74. The lowest BCUT2D eigenvalue weighted by Gasteiger charge is -2.20. The van der Waals surface area contributed by atoms with Crippen molar-refractivity contribution in [1.82, 2.24) is 9.80 Å². The fraction of sp³-hybridized carbons (Fsp3) is 0.571. The maximum Gasteiger partial charge on any atom is 0.122 e. The lowest BCUT2D eigenvalue weighted by atomic mass is 9.95. The van der Waals surface area contributed by atoms with Crippen LogP contribution in [0.1, 0.15) is 30.4 Å². The van der Waals surface area contributed by atoms with E-state index >= 15 is 0 Å². The van der Waals surface area contributed by atoms with Crippen molar-refractivity contribution in [3.8, 4) is 22.6 Å². The van der Waals surface area contributed by atoms with Crippen molar-refractivity contribution in [1.29, 1.82) is 0 Å². The molecule has 194 valence electrons. The van der Waals surface area contributed by atoms with Crippen molar-refractivity contribution in [2.45, 2.75) is 39.2 Å². The van der Waals surface area contributed by atoms with Gasteiger partial charge in [0, 0.05) is 39.3 Å². The van der Waals surface area contributed by atoms with Crippen LogP contribution in [-0.4, -0.2) is 96.9 Å². The first-order valence-corrected chi connectivity index (χ1v) is 12.8. The van der Waals surface area contributed by atoms with Crippen molar-refractivity contribution in [3.63, 3.8) is 0 Å². The predicted octanol–water partition coefficient (Wildman–Crippen LogP) is 2.86. The van der Waals surface area contributed by atoms with E-state index in [1.54, 1.807) is 0 Å². The molecule has 7 nitrogen and oxygen atoms in total. The van der Waals surface area contributed by atoms with Gasteiger partial charge >= 0.3 is 0 Å².